The fourth-order valence-corrected chi connectivity index (χ4v) is 2.59. The Bertz CT molecular complexity index is 235. The van der Waals surface area contributed by atoms with Crippen LogP contribution < -0.4 is 5.32 Å². The molecule has 1 fully saturated rings. The van der Waals surface area contributed by atoms with Crippen LogP contribution in [0.3, 0.4) is 0 Å². The molecule has 0 aromatic heterocycles. The number of esters is 1. The molecule has 0 radical (unpaired) electrons. The van der Waals surface area contributed by atoms with Gasteiger partial charge < -0.3 is 10.1 Å². The first-order valence-electron chi connectivity index (χ1n) is 5.99. The van der Waals surface area contributed by atoms with Gasteiger partial charge in [-0.3, -0.25) is 4.79 Å². The summed E-state index contributed by atoms with van der Waals surface area (Å²) >= 11 is 3.32. The Morgan fingerprint density at radius 2 is 2.12 bits per heavy atom. The van der Waals surface area contributed by atoms with Gasteiger partial charge in [0.1, 0.15) is 4.83 Å². The van der Waals surface area contributed by atoms with E-state index in [1.165, 1.54) is 26.4 Å². The lowest BCUT2D eigenvalue weighted by molar-refractivity contribution is -0.139. The van der Waals surface area contributed by atoms with Gasteiger partial charge in [-0.25, -0.2) is 0 Å². The van der Waals surface area contributed by atoms with Crippen LogP contribution in [0, 0.1) is 11.8 Å². The molecule has 0 spiro atoms. The average Bonchev–Trinajstić information content (AvgIpc) is 2.29. The van der Waals surface area contributed by atoms with Crippen molar-refractivity contribution in [1.29, 1.82) is 0 Å². The molecule has 0 bridgehead atoms. The molecule has 1 aliphatic carbocycles. The van der Waals surface area contributed by atoms with E-state index in [0.29, 0.717) is 12.6 Å². The van der Waals surface area contributed by atoms with E-state index in [-0.39, 0.29) is 10.8 Å². The van der Waals surface area contributed by atoms with E-state index >= 15 is 0 Å². The predicted molar refractivity (Wildman–Crippen MR) is 68.7 cm³/mol. The zero-order valence-electron chi connectivity index (χ0n) is 10.3. The number of halogens is 1. The van der Waals surface area contributed by atoms with Crippen LogP contribution in [-0.2, 0) is 9.53 Å². The smallest absolute Gasteiger partial charge is 0.320 e. The Labute approximate surface area is 106 Å². The lowest BCUT2D eigenvalue weighted by atomic mass is 9.79. The normalized spacial score (nSPS) is 32.1. The highest BCUT2D eigenvalue weighted by atomic mass is 79.9. The number of ether oxygens (including phenoxy) is 1. The van der Waals surface area contributed by atoms with Crippen LogP contribution in [0.2, 0.25) is 0 Å². The van der Waals surface area contributed by atoms with E-state index in [1.807, 2.05) is 0 Å². The summed E-state index contributed by atoms with van der Waals surface area (Å²) in [7, 11) is 1.42. The van der Waals surface area contributed by atoms with Crippen molar-refractivity contribution in [2.24, 2.45) is 11.8 Å². The number of nitrogens with one attached hydrogen (secondary N) is 1. The molecule has 3 nitrogen and oxygen atoms in total. The van der Waals surface area contributed by atoms with Gasteiger partial charge in [0.05, 0.1) is 7.11 Å². The van der Waals surface area contributed by atoms with Gasteiger partial charge in [-0.05, 0) is 31.1 Å². The Morgan fingerprint density at radius 1 is 1.44 bits per heavy atom. The molecule has 94 valence electrons. The summed E-state index contributed by atoms with van der Waals surface area (Å²) in [5, 5.41) is 3.44. The van der Waals surface area contributed by atoms with Crippen molar-refractivity contribution in [2.75, 3.05) is 13.7 Å². The third kappa shape index (κ3) is 4.06. The Balaban J connectivity index is 2.25. The number of rotatable bonds is 4. The third-order valence-electron chi connectivity index (χ3n) is 3.64. The third-order valence-corrected chi connectivity index (χ3v) is 4.34. The molecule has 1 rings (SSSR count). The maximum Gasteiger partial charge on any atom is 0.320 e. The first-order valence-corrected chi connectivity index (χ1v) is 6.91. The van der Waals surface area contributed by atoms with Gasteiger partial charge in [-0.1, -0.05) is 29.8 Å². The largest absolute Gasteiger partial charge is 0.468 e. The summed E-state index contributed by atoms with van der Waals surface area (Å²) in [6.07, 6.45) is 3.71. The van der Waals surface area contributed by atoms with Crippen molar-refractivity contribution >= 4 is 21.9 Å². The molecule has 0 saturated heterocycles. The molecule has 4 heteroatoms. The van der Waals surface area contributed by atoms with Crippen molar-refractivity contribution in [3.05, 3.63) is 0 Å². The van der Waals surface area contributed by atoms with Crippen molar-refractivity contribution in [3.8, 4) is 0 Å². The van der Waals surface area contributed by atoms with Crippen LogP contribution >= 0.6 is 15.9 Å². The number of hydrogen-bond donors (Lipinski definition) is 1. The highest BCUT2D eigenvalue weighted by molar-refractivity contribution is 9.10. The summed E-state index contributed by atoms with van der Waals surface area (Å²) < 4.78 is 4.66. The number of alkyl halides is 1. The van der Waals surface area contributed by atoms with Gasteiger partial charge >= 0.3 is 5.97 Å². The summed E-state index contributed by atoms with van der Waals surface area (Å²) in [6, 6.07) is 0.552. The van der Waals surface area contributed by atoms with Crippen molar-refractivity contribution in [3.63, 3.8) is 0 Å². The van der Waals surface area contributed by atoms with Crippen LogP contribution in [0.25, 0.3) is 0 Å². The van der Waals surface area contributed by atoms with Crippen molar-refractivity contribution in [1.82, 2.24) is 5.32 Å². The minimum Gasteiger partial charge on any atom is -0.468 e. The Morgan fingerprint density at radius 3 is 2.69 bits per heavy atom. The number of hydrogen-bond acceptors (Lipinski definition) is 3. The molecule has 4 unspecified atom stereocenters. The van der Waals surface area contributed by atoms with E-state index in [0.717, 1.165) is 11.8 Å². The van der Waals surface area contributed by atoms with E-state index in [4.69, 9.17) is 0 Å². The Hall–Kier alpha value is -0.0900. The number of methoxy groups -OCH3 is 1. The summed E-state index contributed by atoms with van der Waals surface area (Å²) in [5.74, 6) is 1.40. The fourth-order valence-electron chi connectivity index (χ4n) is 2.21. The fraction of sp³-hybridized carbons (Fsp3) is 0.917. The molecular weight excluding hydrogens is 270 g/mol. The number of carbonyl (C=O) groups is 1. The quantitative estimate of drug-likeness (QED) is 0.638. The molecule has 0 aromatic carbocycles. The lowest BCUT2D eigenvalue weighted by Gasteiger charge is -2.32. The first-order chi connectivity index (χ1) is 7.54. The van der Waals surface area contributed by atoms with Gasteiger partial charge in [0.25, 0.3) is 0 Å². The van der Waals surface area contributed by atoms with Crippen LogP contribution in [0.5, 0.6) is 0 Å². The summed E-state index contributed by atoms with van der Waals surface area (Å²) in [5.41, 5.74) is 0. The second-order valence-corrected chi connectivity index (χ2v) is 5.97. The SMILES string of the molecule is COC(=O)C(Br)CNC1CCC(C)C(C)C1. The Kier molecular flexibility index (Phi) is 5.76. The van der Waals surface area contributed by atoms with Crippen LogP contribution in [-0.4, -0.2) is 30.5 Å². The molecular formula is C12H22BrNO2. The topological polar surface area (TPSA) is 38.3 Å². The van der Waals surface area contributed by atoms with Gasteiger partial charge in [-0.15, -0.1) is 0 Å². The number of carbonyl (C=O) groups excluding carboxylic acids is 1. The standard InChI is InChI=1S/C12H22BrNO2/c1-8-4-5-10(6-9(8)2)14-7-11(13)12(15)16-3/h8-11,14H,4-7H2,1-3H3. The minimum absolute atomic E-state index is 0.204. The van der Waals surface area contributed by atoms with Crippen LogP contribution in [0.1, 0.15) is 33.1 Å². The second kappa shape index (κ2) is 6.60. The molecule has 0 amide bonds. The van der Waals surface area contributed by atoms with Gasteiger partial charge in [0.15, 0.2) is 0 Å². The van der Waals surface area contributed by atoms with Gasteiger partial charge in [0, 0.05) is 12.6 Å². The molecule has 0 aliphatic heterocycles. The van der Waals surface area contributed by atoms with E-state index in [1.54, 1.807) is 0 Å². The average molecular weight is 292 g/mol. The molecule has 4 atom stereocenters. The van der Waals surface area contributed by atoms with Crippen molar-refractivity contribution in [2.45, 2.75) is 44.0 Å². The molecule has 0 aromatic rings. The van der Waals surface area contributed by atoms with Crippen molar-refractivity contribution < 1.29 is 9.53 Å². The van der Waals surface area contributed by atoms with Gasteiger partial charge in [-0.2, -0.15) is 0 Å². The summed E-state index contributed by atoms with van der Waals surface area (Å²) in [6.45, 7) is 5.28. The van der Waals surface area contributed by atoms with E-state index in [9.17, 15) is 4.79 Å². The highest BCUT2D eigenvalue weighted by Gasteiger charge is 2.25. The minimum atomic E-state index is -0.229. The molecule has 16 heavy (non-hydrogen) atoms. The van der Waals surface area contributed by atoms with Crippen LogP contribution in [0.4, 0.5) is 0 Å². The zero-order chi connectivity index (χ0) is 12.1. The molecule has 1 aliphatic rings. The predicted octanol–water partition coefficient (Wildman–Crippen LogP) is 2.34. The maximum atomic E-state index is 11.2. The van der Waals surface area contributed by atoms with E-state index in [2.05, 4.69) is 39.8 Å². The molecule has 0 heterocycles. The first kappa shape index (κ1) is 14.0. The monoisotopic (exact) mass is 291 g/mol. The zero-order valence-corrected chi connectivity index (χ0v) is 11.9. The molecule has 1 saturated carbocycles. The maximum absolute atomic E-state index is 11.2. The molecule has 1 N–H and O–H groups in total. The van der Waals surface area contributed by atoms with Gasteiger partial charge in [0.2, 0.25) is 0 Å². The lowest BCUT2D eigenvalue weighted by Crippen LogP contribution is -2.40. The van der Waals surface area contributed by atoms with E-state index < -0.39 is 0 Å². The highest BCUT2D eigenvalue weighted by Crippen LogP contribution is 2.29. The second-order valence-electron chi connectivity index (χ2n) is 4.86. The van der Waals surface area contributed by atoms with Crippen LogP contribution in [0.15, 0.2) is 0 Å². The summed E-state index contributed by atoms with van der Waals surface area (Å²) in [4.78, 5) is 11.0.